The van der Waals surface area contributed by atoms with Crippen LogP contribution in [0.1, 0.15) is 19.8 Å². The minimum absolute atomic E-state index is 0.135. The third-order valence-electron chi connectivity index (χ3n) is 3.31. The molecular formula is C13H17BF3O3-. The van der Waals surface area contributed by atoms with Gasteiger partial charge in [0.25, 0.3) is 0 Å². The smallest absolute Gasteiger partial charge is 0.497 e. The molecule has 0 bridgehead atoms. The highest BCUT2D eigenvalue weighted by molar-refractivity contribution is 6.74. The Morgan fingerprint density at radius 1 is 1.30 bits per heavy atom. The Hall–Kier alpha value is -1.37. The van der Waals surface area contributed by atoms with Crippen LogP contribution in [0.5, 0.6) is 11.5 Å². The quantitative estimate of drug-likeness (QED) is 0.780. The topological polar surface area (TPSA) is 27.7 Å². The van der Waals surface area contributed by atoms with Gasteiger partial charge in [-0.3, -0.25) is 0 Å². The van der Waals surface area contributed by atoms with E-state index in [1.807, 2.05) is 6.92 Å². The van der Waals surface area contributed by atoms with Crippen molar-refractivity contribution in [1.82, 2.24) is 0 Å². The van der Waals surface area contributed by atoms with E-state index < -0.39 is 12.4 Å². The van der Waals surface area contributed by atoms with Gasteiger partial charge in [0.1, 0.15) is 12.4 Å². The second kappa shape index (κ2) is 5.95. The van der Waals surface area contributed by atoms with Gasteiger partial charge in [-0.1, -0.05) is 5.46 Å². The zero-order valence-electron chi connectivity index (χ0n) is 11.4. The number of halogens is 3. The van der Waals surface area contributed by atoms with Crippen molar-refractivity contribution in [2.75, 3.05) is 13.7 Å². The molecule has 2 unspecified atom stereocenters. The molecular weight excluding hydrogens is 272 g/mol. The maximum Gasteiger partial charge on any atom is 0.513 e. The van der Waals surface area contributed by atoms with Crippen LogP contribution in [-0.2, 0) is 4.74 Å². The number of methoxy groups -OCH3 is 1. The maximum atomic E-state index is 13.0. The lowest BCUT2D eigenvalue weighted by atomic mass is 9.79. The molecule has 0 N–H and O–H groups in total. The van der Waals surface area contributed by atoms with E-state index in [2.05, 4.69) is 0 Å². The van der Waals surface area contributed by atoms with Gasteiger partial charge in [-0.05, 0) is 38.0 Å². The predicted molar refractivity (Wildman–Crippen MR) is 70.8 cm³/mol. The number of rotatable bonds is 5. The Kier molecular flexibility index (Phi) is 4.47. The Bertz CT molecular complexity index is 465. The van der Waals surface area contributed by atoms with E-state index in [1.54, 1.807) is 0 Å². The Morgan fingerprint density at radius 3 is 2.60 bits per heavy atom. The maximum absolute atomic E-state index is 13.0. The van der Waals surface area contributed by atoms with Crippen LogP contribution < -0.4 is 14.9 Å². The highest BCUT2D eigenvalue weighted by Crippen LogP contribution is 2.24. The number of hydrogen-bond donors (Lipinski definition) is 0. The molecule has 20 heavy (non-hydrogen) atoms. The first kappa shape index (κ1) is 15.0. The first-order valence-electron chi connectivity index (χ1n) is 6.56. The van der Waals surface area contributed by atoms with E-state index in [1.165, 1.54) is 19.2 Å². The third kappa shape index (κ3) is 3.59. The van der Waals surface area contributed by atoms with Crippen LogP contribution in [0, 0.1) is 0 Å². The van der Waals surface area contributed by atoms with Gasteiger partial charge < -0.3 is 27.2 Å². The molecule has 1 aromatic rings. The van der Waals surface area contributed by atoms with Gasteiger partial charge in [-0.25, -0.2) is 0 Å². The monoisotopic (exact) mass is 289 g/mol. The highest BCUT2D eigenvalue weighted by Gasteiger charge is 2.30. The summed E-state index contributed by atoms with van der Waals surface area (Å²) in [6.45, 7) is -3.07. The summed E-state index contributed by atoms with van der Waals surface area (Å²) in [6.07, 6.45) is 1.72. The zero-order valence-corrected chi connectivity index (χ0v) is 11.4. The second-order valence-electron chi connectivity index (χ2n) is 4.94. The first-order valence-corrected chi connectivity index (χ1v) is 6.56. The molecule has 0 aromatic heterocycles. The minimum Gasteiger partial charge on any atom is -0.497 e. The molecule has 112 valence electrons. The molecule has 0 saturated carbocycles. The molecule has 1 fully saturated rings. The molecule has 0 radical (unpaired) electrons. The third-order valence-corrected chi connectivity index (χ3v) is 3.31. The van der Waals surface area contributed by atoms with Gasteiger partial charge in [0.2, 0.25) is 0 Å². The van der Waals surface area contributed by atoms with Gasteiger partial charge in [-0.2, -0.15) is 0 Å². The van der Waals surface area contributed by atoms with Gasteiger partial charge in [-0.15, -0.1) is 0 Å². The molecule has 7 heteroatoms. The molecule has 0 spiro atoms. The largest absolute Gasteiger partial charge is 0.513 e. The summed E-state index contributed by atoms with van der Waals surface area (Å²) >= 11 is 0. The van der Waals surface area contributed by atoms with E-state index in [-0.39, 0.29) is 30.3 Å². The van der Waals surface area contributed by atoms with E-state index in [0.717, 1.165) is 18.9 Å². The molecule has 1 heterocycles. The molecule has 1 aromatic carbocycles. The molecule has 1 aliphatic rings. The Morgan fingerprint density at radius 2 is 2.05 bits per heavy atom. The van der Waals surface area contributed by atoms with Crippen LogP contribution in [0.4, 0.5) is 12.9 Å². The predicted octanol–water partition coefficient (Wildman–Crippen LogP) is 2.70. The fourth-order valence-electron chi connectivity index (χ4n) is 2.23. The van der Waals surface area contributed by atoms with E-state index in [9.17, 15) is 12.9 Å². The van der Waals surface area contributed by atoms with Crippen molar-refractivity contribution in [3.8, 4) is 11.5 Å². The molecule has 0 aliphatic carbocycles. The molecule has 2 rings (SSSR count). The fraction of sp³-hybridized carbons (Fsp3) is 0.538. The minimum atomic E-state index is -5.15. The number of ether oxygens (including phenoxy) is 3. The standard InChI is InChI=1S/C13H17BF3O3/c1-9-3-4-11(20-9)8-19-13-6-5-10(18-2)7-12(13)14(15,16)17/h5-7,9,11H,3-4,8H2,1-2H3/q-1. The summed E-state index contributed by atoms with van der Waals surface area (Å²) in [4.78, 5) is 0. The number of hydrogen-bond acceptors (Lipinski definition) is 3. The zero-order chi connectivity index (χ0) is 14.8. The number of benzene rings is 1. The summed E-state index contributed by atoms with van der Waals surface area (Å²) in [5.74, 6) is -0.00117. The van der Waals surface area contributed by atoms with Gasteiger partial charge in [0.05, 0.1) is 25.1 Å². The van der Waals surface area contributed by atoms with E-state index in [0.29, 0.717) is 0 Å². The molecule has 2 atom stereocenters. The second-order valence-corrected chi connectivity index (χ2v) is 4.94. The first-order chi connectivity index (χ1) is 9.40. The van der Waals surface area contributed by atoms with Crippen LogP contribution in [0.2, 0.25) is 0 Å². The van der Waals surface area contributed by atoms with Crippen molar-refractivity contribution >= 4 is 12.4 Å². The average Bonchev–Trinajstić information content (AvgIpc) is 2.81. The molecule has 0 amide bonds. The molecule has 1 saturated heterocycles. The Labute approximate surface area is 116 Å². The van der Waals surface area contributed by atoms with Crippen LogP contribution in [0.25, 0.3) is 0 Å². The van der Waals surface area contributed by atoms with Crippen LogP contribution >= 0.6 is 0 Å². The summed E-state index contributed by atoms with van der Waals surface area (Å²) in [5, 5.41) is 0. The highest BCUT2D eigenvalue weighted by atomic mass is 19.4. The van der Waals surface area contributed by atoms with Crippen LogP contribution in [0.15, 0.2) is 18.2 Å². The van der Waals surface area contributed by atoms with E-state index >= 15 is 0 Å². The van der Waals surface area contributed by atoms with Gasteiger partial charge in [0, 0.05) is 0 Å². The van der Waals surface area contributed by atoms with Crippen LogP contribution in [0.3, 0.4) is 0 Å². The molecule has 3 nitrogen and oxygen atoms in total. The van der Waals surface area contributed by atoms with Crippen molar-refractivity contribution in [2.24, 2.45) is 0 Å². The SMILES string of the molecule is COc1ccc(OCC2CCC(C)O2)c([B-](F)(F)F)c1. The van der Waals surface area contributed by atoms with Gasteiger partial charge >= 0.3 is 6.98 Å². The summed E-state index contributed by atoms with van der Waals surface area (Å²) < 4.78 is 54.7. The normalized spacial score (nSPS) is 22.9. The summed E-state index contributed by atoms with van der Waals surface area (Å²) in [5.41, 5.74) is -0.768. The molecule has 1 aliphatic heterocycles. The summed E-state index contributed by atoms with van der Waals surface area (Å²) in [6, 6.07) is 3.72. The average molecular weight is 289 g/mol. The van der Waals surface area contributed by atoms with E-state index in [4.69, 9.17) is 14.2 Å². The van der Waals surface area contributed by atoms with Crippen molar-refractivity contribution < 1.29 is 27.2 Å². The van der Waals surface area contributed by atoms with Crippen molar-refractivity contribution in [3.63, 3.8) is 0 Å². The van der Waals surface area contributed by atoms with Crippen molar-refractivity contribution in [2.45, 2.75) is 32.0 Å². The lowest BCUT2D eigenvalue weighted by Crippen LogP contribution is -2.36. The lowest BCUT2D eigenvalue weighted by molar-refractivity contribution is 0.0266. The van der Waals surface area contributed by atoms with Crippen molar-refractivity contribution in [1.29, 1.82) is 0 Å². The lowest BCUT2D eigenvalue weighted by Gasteiger charge is -2.22. The van der Waals surface area contributed by atoms with Crippen molar-refractivity contribution in [3.05, 3.63) is 18.2 Å². The van der Waals surface area contributed by atoms with Crippen LogP contribution in [-0.4, -0.2) is 32.9 Å². The fourth-order valence-corrected chi connectivity index (χ4v) is 2.23. The summed E-state index contributed by atoms with van der Waals surface area (Å²) in [7, 11) is 1.33. The van der Waals surface area contributed by atoms with Gasteiger partial charge in [0.15, 0.2) is 0 Å². The Balaban J connectivity index is 2.10.